The van der Waals surface area contributed by atoms with Gasteiger partial charge in [-0.15, -0.1) is 0 Å². The molecule has 32 heavy (non-hydrogen) atoms. The zero-order chi connectivity index (χ0) is 22.8. The van der Waals surface area contributed by atoms with Gasteiger partial charge in [0.15, 0.2) is 0 Å². The number of amides is 3. The van der Waals surface area contributed by atoms with Gasteiger partial charge in [-0.2, -0.15) is 0 Å². The van der Waals surface area contributed by atoms with Crippen LogP contribution in [0.1, 0.15) is 26.2 Å². The summed E-state index contributed by atoms with van der Waals surface area (Å²) >= 11 is 0. The average Bonchev–Trinajstić information content (AvgIpc) is 3.09. The van der Waals surface area contributed by atoms with Crippen LogP contribution in [0, 0.1) is 5.82 Å². The van der Waals surface area contributed by atoms with Gasteiger partial charge in [-0.3, -0.25) is 19.3 Å². The molecule has 0 N–H and O–H groups in total. The minimum atomic E-state index is -0.528. The quantitative estimate of drug-likeness (QED) is 0.670. The molecule has 8 heteroatoms. The van der Waals surface area contributed by atoms with E-state index in [9.17, 15) is 18.8 Å². The van der Waals surface area contributed by atoms with Gasteiger partial charge in [0.2, 0.25) is 11.8 Å². The molecule has 2 aliphatic heterocycles. The zero-order valence-electron chi connectivity index (χ0n) is 18.2. The second-order valence-corrected chi connectivity index (χ2v) is 8.12. The van der Waals surface area contributed by atoms with Gasteiger partial charge < -0.3 is 9.64 Å². The monoisotopic (exact) mass is 439 g/mol. The Labute approximate surface area is 186 Å². The highest BCUT2D eigenvalue weighted by Gasteiger charge is 2.44. The van der Waals surface area contributed by atoms with Gasteiger partial charge in [0.05, 0.1) is 25.3 Å². The number of likely N-dealkylation sites (tertiary alicyclic amines) is 1. The first-order valence-corrected chi connectivity index (χ1v) is 10.7. The highest BCUT2D eigenvalue weighted by molar-refractivity contribution is 6.22. The number of piperidine rings is 1. The predicted molar refractivity (Wildman–Crippen MR) is 118 cm³/mol. The highest BCUT2D eigenvalue weighted by Crippen LogP contribution is 2.30. The molecular formula is C24H26FN3O4. The van der Waals surface area contributed by atoms with Crippen LogP contribution >= 0.6 is 0 Å². The van der Waals surface area contributed by atoms with Crippen molar-refractivity contribution in [2.75, 3.05) is 30.0 Å². The third kappa shape index (κ3) is 4.23. The van der Waals surface area contributed by atoms with Crippen molar-refractivity contribution in [1.82, 2.24) is 4.90 Å². The van der Waals surface area contributed by atoms with E-state index in [2.05, 4.69) is 0 Å². The van der Waals surface area contributed by atoms with E-state index in [-0.39, 0.29) is 30.2 Å². The summed E-state index contributed by atoms with van der Waals surface area (Å²) in [6, 6.07) is 12.2. The largest absolute Gasteiger partial charge is 0.497 e. The Hall–Kier alpha value is -3.26. The van der Waals surface area contributed by atoms with Crippen LogP contribution in [0.5, 0.6) is 5.75 Å². The molecule has 2 aromatic carbocycles. The Morgan fingerprint density at radius 1 is 1.03 bits per heavy atom. The maximum atomic E-state index is 13.2. The van der Waals surface area contributed by atoms with E-state index in [0.717, 1.165) is 16.3 Å². The minimum Gasteiger partial charge on any atom is -0.497 e. The lowest BCUT2D eigenvalue weighted by Crippen LogP contribution is -2.51. The third-order valence-electron chi connectivity index (χ3n) is 6.20. The smallest absolute Gasteiger partial charge is 0.251 e. The lowest BCUT2D eigenvalue weighted by Gasteiger charge is -2.39. The lowest BCUT2D eigenvalue weighted by molar-refractivity contribution is -0.123. The number of nitrogens with zero attached hydrogens (tertiary/aromatic N) is 3. The van der Waals surface area contributed by atoms with Gasteiger partial charge in [-0.25, -0.2) is 9.29 Å². The number of ether oxygens (including phenoxy) is 1. The van der Waals surface area contributed by atoms with E-state index < -0.39 is 11.9 Å². The number of halogens is 1. The maximum absolute atomic E-state index is 13.2. The fourth-order valence-electron chi connectivity index (χ4n) is 4.61. The van der Waals surface area contributed by atoms with E-state index in [4.69, 9.17) is 4.74 Å². The lowest BCUT2D eigenvalue weighted by atomic mass is 10.00. The Balaban J connectivity index is 1.43. The van der Waals surface area contributed by atoms with E-state index in [1.807, 2.05) is 29.2 Å². The Bertz CT molecular complexity index is 1000. The summed E-state index contributed by atoms with van der Waals surface area (Å²) < 4.78 is 18.4. The topological polar surface area (TPSA) is 70.2 Å². The first-order chi connectivity index (χ1) is 15.4. The van der Waals surface area contributed by atoms with Crippen molar-refractivity contribution >= 4 is 29.1 Å². The molecule has 2 fully saturated rings. The summed E-state index contributed by atoms with van der Waals surface area (Å²) in [5.74, 6) is -0.292. The SMILES string of the molecule is COc1ccc(N(C(C)=O)C2CCN([C@@H]3CC(=O)N(c4ccc(F)cc4)C3=O)CC2)cc1. The number of methoxy groups -OCH3 is 1. The summed E-state index contributed by atoms with van der Waals surface area (Å²) in [5, 5.41) is 0. The van der Waals surface area contributed by atoms with Crippen LogP contribution in [-0.2, 0) is 14.4 Å². The van der Waals surface area contributed by atoms with E-state index in [0.29, 0.717) is 31.6 Å². The molecule has 0 aliphatic carbocycles. The molecule has 1 atom stereocenters. The summed E-state index contributed by atoms with van der Waals surface area (Å²) in [7, 11) is 1.60. The number of hydrogen-bond acceptors (Lipinski definition) is 5. The van der Waals surface area contributed by atoms with Gasteiger partial charge in [0, 0.05) is 31.7 Å². The van der Waals surface area contributed by atoms with Crippen LogP contribution < -0.4 is 14.5 Å². The molecule has 2 heterocycles. The number of rotatable bonds is 5. The van der Waals surface area contributed by atoms with Crippen molar-refractivity contribution in [1.29, 1.82) is 0 Å². The van der Waals surface area contributed by atoms with Gasteiger partial charge in [0.25, 0.3) is 5.91 Å². The molecule has 3 amide bonds. The molecule has 0 radical (unpaired) electrons. The Kier molecular flexibility index (Phi) is 6.23. The molecule has 2 saturated heterocycles. The normalized spacial score (nSPS) is 20.0. The fraction of sp³-hybridized carbons (Fsp3) is 0.375. The fourth-order valence-corrected chi connectivity index (χ4v) is 4.61. The molecule has 0 saturated carbocycles. The van der Waals surface area contributed by atoms with Gasteiger partial charge >= 0.3 is 0 Å². The van der Waals surface area contributed by atoms with E-state index in [1.54, 1.807) is 18.9 Å². The van der Waals surface area contributed by atoms with Crippen LogP contribution in [-0.4, -0.2) is 54.9 Å². The van der Waals surface area contributed by atoms with Crippen LogP contribution in [0.3, 0.4) is 0 Å². The molecular weight excluding hydrogens is 413 g/mol. The number of anilines is 2. The molecule has 2 aromatic rings. The number of carbonyl (C=O) groups excluding carboxylic acids is 3. The summed E-state index contributed by atoms with van der Waals surface area (Å²) in [4.78, 5) is 42.9. The second kappa shape index (κ2) is 9.08. The molecule has 0 spiro atoms. The number of carbonyl (C=O) groups is 3. The number of imide groups is 1. The Morgan fingerprint density at radius 3 is 2.22 bits per heavy atom. The van der Waals surface area contributed by atoms with Crippen molar-refractivity contribution in [3.63, 3.8) is 0 Å². The van der Waals surface area contributed by atoms with Crippen molar-refractivity contribution in [2.24, 2.45) is 0 Å². The van der Waals surface area contributed by atoms with Gasteiger partial charge in [-0.05, 0) is 61.4 Å². The van der Waals surface area contributed by atoms with E-state index in [1.165, 1.54) is 24.3 Å². The number of hydrogen-bond donors (Lipinski definition) is 0. The number of benzene rings is 2. The molecule has 2 aliphatic rings. The molecule has 0 aromatic heterocycles. The summed E-state index contributed by atoms with van der Waals surface area (Å²) in [6.45, 7) is 2.76. The van der Waals surface area contributed by atoms with Crippen LogP contribution in [0.2, 0.25) is 0 Å². The van der Waals surface area contributed by atoms with Gasteiger partial charge in [-0.1, -0.05) is 0 Å². The van der Waals surface area contributed by atoms with Gasteiger partial charge in [0.1, 0.15) is 11.6 Å². The second-order valence-electron chi connectivity index (χ2n) is 8.12. The van der Waals surface area contributed by atoms with Crippen LogP contribution in [0.25, 0.3) is 0 Å². The molecule has 0 unspecified atom stereocenters. The third-order valence-corrected chi connectivity index (χ3v) is 6.20. The average molecular weight is 439 g/mol. The van der Waals surface area contributed by atoms with E-state index >= 15 is 0 Å². The van der Waals surface area contributed by atoms with Crippen LogP contribution in [0.15, 0.2) is 48.5 Å². The minimum absolute atomic E-state index is 0.0116. The molecule has 0 bridgehead atoms. The maximum Gasteiger partial charge on any atom is 0.251 e. The van der Waals surface area contributed by atoms with Crippen LogP contribution in [0.4, 0.5) is 15.8 Å². The molecule has 7 nitrogen and oxygen atoms in total. The first kappa shape index (κ1) is 22.0. The molecule has 4 rings (SSSR count). The van der Waals surface area contributed by atoms with Crippen molar-refractivity contribution in [3.05, 3.63) is 54.3 Å². The van der Waals surface area contributed by atoms with Crippen molar-refractivity contribution in [2.45, 2.75) is 38.3 Å². The zero-order valence-corrected chi connectivity index (χ0v) is 18.2. The summed E-state index contributed by atoms with van der Waals surface area (Å²) in [6.07, 6.45) is 1.50. The highest BCUT2D eigenvalue weighted by atomic mass is 19.1. The molecule has 168 valence electrons. The first-order valence-electron chi connectivity index (χ1n) is 10.7. The Morgan fingerprint density at radius 2 is 1.66 bits per heavy atom. The predicted octanol–water partition coefficient (Wildman–Crippen LogP) is 2.98. The summed E-state index contributed by atoms with van der Waals surface area (Å²) in [5.41, 5.74) is 1.20. The standard InChI is InChI=1S/C24H26FN3O4/c1-16(29)27(18-7-9-21(32-2)10-8-18)20-11-13-26(14-12-20)22-15-23(30)28(24(22)31)19-5-3-17(25)4-6-19/h3-10,20,22H,11-15H2,1-2H3/t22-/m1/s1. The van der Waals surface area contributed by atoms with Crippen molar-refractivity contribution in [3.8, 4) is 5.75 Å². The van der Waals surface area contributed by atoms with Crippen molar-refractivity contribution < 1.29 is 23.5 Å².